The van der Waals surface area contributed by atoms with Crippen molar-refractivity contribution >= 4 is 17.0 Å². The highest BCUT2D eigenvalue weighted by Gasteiger charge is 2.36. The van der Waals surface area contributed by atoms with E-state index in [9.17, 15) is 5.11 Å². The van der Waals surface area contributed by atoms with Gasteiger partial charge in [-0.05, 0) is 12.0 Å². The number of aromatic nitrogens is 4. The summed E-state index contributed by atoms with van der Waals surface area (Å²) >= 11 is 0. The van der Waals surface area contributed by atoms with E-state index in [1.165, 1.54) is 12.7 Å². The first-order chi connectivity index (χ1) is 9.74. The average Bonchev–Trinajstić information content (AvgIpc) is 3.03. The third-order valence-corrected chi connectivity index (χ3v) is 3.23. The van der Waals surface area contributed by atoms with Gasteiger partial charge in [0.2, 0.25) is 0 Å². The number of fused-ring (bicyclic) bond motifs is 1. The summed E-state index contributed by atoms with van der Waals surface area (Å²) in [5.41, 5.74) is 15.3. The highest BCUT2D eigenvalue weighted by Crippen LogP contribution is 2.33. The van der Waals surface area contributed by atoms with Crippen molar-refractivity contribution in [1.82, 2.24) is 19.5 Å². The summed E-state index contributed by atoms with van der Waals surface area (Å²) in [5.74, 6) is 0.269. The fourth-order valence-corrected chi connectivity index (χ4v) is 2.32. The van der Waals surface area contributed by atoms with Gasteiger partial charge in [-0.2, -0.15) is 0 Å². The van der Waals surface area contributed by atoms with Crippen LogP contribution in [0, 0.1) is 0 Å². The first-order valence-electron chi connectivity index (χ1n) is 5.98. The molecule has 1 saturated heterocycles. The van der Waals surface area contributed by atoms with Crippen molar-refractivity contribution < 1.29 is 9.84 Å². The van der Waals surface area contributed by atoms with Crippen LogP contribution >= 0.6 is 0 Å². The molecule has 0 saturated carbocycles. The van der Waals surface area contributed by atoms with Crippen molar-refractivity contribution in [3.8, 4) is 0 Å². The summed E-state index contributed by atoms with van der Waals surface area (Å²) in [5, 5.41) is 12.9. The summed E-state index contributed by atoms with van der Waals surface area (Å²) in [4.78, 5) is 14.9. The van der Waals surface area contributed by atoms with Crippen LogP contribution in [-0.2, 0) is 4.74 Å². The molecule has 10 nitrogen and oxygen atoms in total. The van der Waals surface area contributed by atoms with E-state index in [-0.39, 0.29) is 18.5 Å². The standard InChI is InChI=1S/C10H12N8O2/c11-8-7-9(14-3-13-8)18(4-15-7)10-6(16-17-12)1-5(2-19)20-10/h3-6,10,19H,1-2H2,(H2,11,13,14)/t5-,6+,10+/m1/s1. The Morgan fingerprint density at radius 3 is 3.15 bits per heavy atom. The minimum Gasteiger partial charge on any atom is -0.394 e. The number of anilines is 1. The van der Waals surface area contributed by atoms with Gasteiger partial charge in [-0.15, -0.1) is 0 Å². The minimum absolute atomic E-state index is 0.141. The van der Waals surface area contributed by atoms with Gasteiger partial charge in [0.1, 0.15) is 18.1 Å². The molecule has 0 aromatic carbocycles. The second-order valence-corrected chi connectivity index (χ2v) is 4.42. The molecule has 1 fully saturated rings. The smallest absolute Gasteiger partial charge is 0.167 e. The Bertz CT molecular complexity index is 679. The quantitative estimate of drug-likeness (QED) is 0.470. The molecule has 2 aromatic heterocycles. The van der Waals surface area contributed by atoms with Gasteiger partial charge in [-0.3, -0.25) is 4.57 Å². The number of aliphatic hydroxyl groups is 1. The monoisotopic (exact) mass is 276 g/mol. The number of nitrogen functional groups attached to an aromatic ring is 1. The van der Waals surface area contributed by atoms with Gasteiger partial charge in [0.15, 0.2) is 11.5 Å². The zero-order valence-electron chi connectivity index (χ0n) is 10.4. The molecule has 3 atom stereocenters. The lowest BCUT2D eigenvalue weighted by Crippen LogP contribution is -2.18. The largest absolute Gasteiger partial charge is 0.394 e. The number of imidazole rings is 1. The van der Waals surface area contributed by atoms with Crippen molar-refractivity contribution in [3.63, 3.8) is 0 Å². The molecular weight excluding hydrogens is 264 g/mol. The van der Waals surface area contributed by atoms with E-state index in [4.69, 9.17) is 16.0 Å². The van der Waals surface area contributed by atoms with E-state index in [1.54, 1.807) is 4.57 Å². The predicted octanol–water partition coefficient (Wildman–Crippen LogP) is 0.367. The van der Waals surface area contributed by atoms with Crippen LogP contribution in [0.3, 0.4) is 0 Å². The molecule has 0 aliphatic carbocycles. The maximum atomic E-state index is 9.19. The molecule has 0 unspecified atom stereocenters. The number of nitrogens with two attached hydrogens (primary N) is 1. The molecule has 1 aliphatic rings. The summed E-state index contributed by atoms with van der Waals surface area (Å²) in [7, 11) is 0. The molecule has 2 aromatic rings. The third-order valence-electron chi connectivity index (χ3n) is 3.23. The van der Waals surface area contributed by atoms with Crippen molar-refractivity contribution in [3.05, 3.63) is 23.1 Å². The molecular formula is C10H12N8O2. The first-order valence-corrected chi connectivity index (χ1v) is 5.98. The van der Waals surface area contributed by atoms with E-state index < -0.39 is 12.3 Å². The topological polar surface area (TPSA) is 148 Å². The molecule has 1 aliphatic heterocycles. The number of hydrogen-bond acceptors (Lipinski definition) is 7. The lowest BCUT2D eigenvalue weighted by atomic mass is 10.2. The SMILES string of the molecule is [N-]=[N+]=N[C@H]1C[C@H](CO)O[C@@H]1n1cnc2c(N)ncnc21. The average molecular weight is 276 g/mol. The van der Waals surface area contributed by atoms with Crippen LogP contribution in [-0.4, -0.2) is 43.4 Å². The Balaban J connectivity index is 2.05. The van der Waals surface area contributed by atoms with Gasteiger partial charge in [-0.25, -0.2) is 15.0 Å². The summed E-state index contributed by atoms with van der Waals surface area (Å²) in [6, 6.07) is -0.439. The lowest BCUT2D eigenvalue weighted by Gasteiger charge is -2.16. The molecule has 3 N–H and O–H groups in total. The van der Waals surface area contributed by atoms with Crippen LogP contribution in [0.4, 0.5) is 5.82 Å². The predicted molar refractivity (Wildman–Crippen MR) is 68.3 cm³/mol. The number of rotatable bonds is 3. The van der Waals surface area contributed by atoms with Crippen LogP contribution in [0.15, 0.2) is 17.8 Å². The number of ether oxygens (including phenoxy) is 1. The highest BCUT2D eigenvalue weighted by molar-refractivity contribution is 5.81. The Hall–Kier alpha value is -2.42. The number of azide groups is 1. The van der Waals surface area contributed by atoms with E-state index in [0.717, 1.165) is 0 Å². The van der Waals surface area contributed by atoms with Gasteiger partial charge in [0, 0.05) is 4.91 Å². The Kier molecular flexibility index (Phi) is 3.11. The fourth-order valence-electron chi connectivity index (χ4n) is 2.32. The number of aliphatic hydroxyl groups excluding tert-OH is 1. The van der Waals surface area contributed by atoms with Crippen molar-refractivity contribution in [2.45, 2.75) is 24.8 Å². The molecule has 3 rings (SSSR count). The van der Waals surface area contributed by atoms with Crippen molar-refractivity contribution in [2.75, 3.05) is 12.3 Å². The van der Waals surface area contributed by atoms with Gasteiger partial charge < -0.3 is 15.6 Å². The molecule has 20 heavy (non-hydrogen) atoms. The third kappa shape index (κ3) is 1.92. The normalized spacial score (nSPS) is 25.8. The van der Waals surface area contributed by atoms with Crippen molar-refractivity contribution in [2.24, 2.45) is 5.11 Å². The van der Waals surface area contributed by atoms with Gasteiger partial charge >= 0.3 is 0 Å². The summed E-state index contributed by atoms with van der Waals surface area (Å²) < 4.78 is 7.32. The van der Waals surface area contributed by atoms with Gasteiger partial charge in [0.05, 0.1) is 25.1 Å². The van der Waals surface area contributed by atoms with Crippen LogP contribution in [0.2, 0.25) is 0 Å². The van der Waals surface area contributed by atoms with Crippen molar-refractivity contribution in [1.29, 1.82) is 0 Å². The fraction of sp³-hybridized carbons (Fsp3) is 0.500. The molecule has 0 radical (unpaired) electrons. The maximum absolute atomic E-state index is 9.19. The second-order valence-electron chi connectivity index (χ2n) is 4.42. The Labute approximate surface area is 112 Å². The molecule has 0 bridgehead atoms. The summed E-state index contributed by atoms with van der Waals surface area (Å²) in [6.07, 6.45) is 2.33. The molecule has 104 valence electrons. The molecule has 0 spiro atoms. The first kappa shape index (κ1) is 12.6. The zero-order chi connectivity index (χ0) is 14.1. The van der Waals surface area contributed by atoms with E-state index in [1.807, 2.05) is 0 Å². The van der Waals surface area contributed by atoms with Gasteiger partial charge in [0.25, 0.3) is 0 Å². The highest BCUT2D eigenvalue weighted by atomic mass is 16.5. The lowest BCUT2D eigenvalue weighted by molar-refractivity contribution is -0.0238. The van der Waals surface area contributed by atoms with Crippen LogP contribution in [0.25, 0.3) is 21.6 Å². The second kappa shape index (κ2) is 4.93. The van der Waals surface area contributed by atoms with Crippen LogP contribution in [0.1, 0.15) is 12.6 Å². The van der Waals surface area contributed by atoms with Gasteiger partial charge in [-0.1, -0.05) is 5.11 Å². The van der Waals surface area contributed by atoms with E-state index >= 15 is 0 Å². The van der Waals surface area contributed by atoms with Crippen LogP contribution < -0.4 is 5.73 Å². The number of nitrogens with zero attached hydrogens (tertiary/aromatic N) is 7. The molecule has 10 heteroatoms. The van der Waals surface area contributed by atoms with E-state index in [2.05, 4.69) is 25.0 Å². The minimum atomic E-state index is -0.567. The zero-order valence-corrected chi connectivity index (χ0v) is 10.4. The molecule has 3 heterocycles. The Morgan fingerprint density at radius 1 is 1.55 bits per heavy atom. The Morgan fingerprint density at radius 2 is 2.40 bits per heavy atom. The van der Waals surface area contributed by atoms with Crippen LogP contribution in [0.5, 0.6) is 0 Å². The number of hydrogen-bond donors (Lipinski definition) is 2. The maximum Gasteiger partial charge on any atom is 0.167 e. The van der Waals surface area contributed by atoms with E-state index in [0.29, 0.717) is 17.6 Å². The summed E-state index contributed by atoms with van der Waals surface area (Å²) in [6.45, 7) is -0.141. The molecule has 0 amide bonds.